The zero-order valence-corrected chi connectivity index (χ0v) is 12.2. The van der Waals surface area contributed by atoms with E-state index in [0.29, 0.717) is 25.8 Å². The van der Waals surface area contributed by atoms with Gasteiger partial charge in [-0.3, -0.25) is 4.90 Å². The van der Waals surface area contributed by atoms with Crippen molar-refractivity contribution in [3.8, 4) is 5.75 Å². The molecule has 2 unspecified atom stereocenters. The third-order valence-corrected chi connectivity index (χ3v) is 4.26. The van der Waals surface area contributed by atoms with E-state index in [4.69, 9.17) is 9.47 Å². The second kappa shape index (κ2) is 5.94. The van der Waals surface area contributed by atoms with Crippen LogP contribution < -0.4 is 4.74 Å². The van der Waals surface area contributed by atoms with Crippen LogP contribution in [0, 0.1) is 0 Å². The Kier molecular flexibility index (Phi) is 4.00. The molecule has 1 saturated carbocycles. The summed E-state index contributed by atoms with van der Waals surface area (Å²) in [7, 11) is 1.58. The maximum atomic E-state index is 13.0. The van der Waals surface area contributed by atoms with Crippen LogP contribution in [0.3, 0.4) is 0 Å². The number of hydrogen-bond acceptors (Lipinski definition) is 3. The van der Waals surface area contributed by atoms with E-state index < -0.39 is 18.3 Å². The summed E-state index contributed by atoms with van der Waals surface area (Å²) in [5, 5.41) is 0. The van der Waals surface area contributed by atoms with Gasteiger partial charge in [0.2, 0.25) is 0 Å². The molecule has 0 bridgehead atoms. The number of carbonyl (C=O) groups is 1. The van der Waals surface area contributed by atoms with Gasteiger partial charge in [-0.25, -0.2) is 4.79 Å². The van der Waals surface area contributed by atoms with E-state index in [1.54, 1.807) is 12.0 Å². The summed E-state index contributed by atoms with van der Waals surface area (Å²) < 4.78 is 36.2. The first-order valence-corrected chi connectivity index (χ1v) is 7.24. The minimum atomic E-state index is -1.71. The Hall–Kier alpha value is -2.11. The Morgan fingerprint density at radius 2 is 2.09 bits per heavy atom. The van der Waals surface area contributed by atoms with Crippen molar-refractivity contribution < 1.29 is 23.0 Å². The molecule has 1 heterocycles. The van der Waals surface area contributed by atoms with Gasteiger partial charge in [-0.1, -0.05) is 12.1 Å². The van der Waals surface area contributed by atoms with Gasteiger partial charge >= 0.3 is 6.09 Å². The van der Waals surface area contributed by atoms with E-state index in [1.807, 2.05) is 24.3 Å². The Balaban J connectivity index is 1.79. The second-order valence-corrected chi connectivity index (χ2v) is 5.53. The molecule has 3 rings (SSSR count). The first kappa shape index (κ1) is 14.8. The predicted molar refractivity (Wildman–Crippen MR) is 75.7 cm³/mol. The van der Waals surface area contributed by atoms with E-state index in [-0.39, 0.29) is 11.6 Å². The number of carbonyl (C=O) groups excluding carboxylic acids is 1. The van der Waals surface area contributed by atoms with E-state index in [2.05, 4.69) is 0 Å². The van der Waals surface area contributed by atoms with E-state index in [9.17, 15) is 13.6 Å². The quantitative estimate of drug-likeness (QED) is 0.854. The fourth-order valence-electron chi connectivity index (χ4n) is 3.12. The molecule has 6 heteroatoms. The maximum Gasteiger partial charge on any atom is 0.411 e. The number of rotatable bonds is 3. The van der Waals surface area contributed by atoms with Crippen molar-refractivity contribution in [2.45, 2.75) is 38.0 Å². The van der Waals surface area contributed by atoms with Crippen LogP contribution in [-0.4, -0.2) is 30.2 Å². The molecule has 118 valence electrons. The smallest absolute Gasteiger partial charge is 0.411 e. The second-order valence-electron chi connectivity index (χ2n) is 5.53. The van der Waals surface area contributed by atoms with Crippen LogP contribution >= 0.6 is 0 Å². The highest BCUT2D eigenvalue weighted by Crippen LogP contribution is 2.38. The summed E-state index contributed by atoms with van der Waals surface area (Å²) >= 11 is 0. The number of nitrogens with zero attached hydrogens (tertiary/aromatic N) is 1. The van der Waals surface area contributed by atoms with E-state index in [0.717, 1.165) is 11.3 Å². The number of methoxy groups -OCH3 is 1. The number of halogens is 2. The molecule has 0 radical (unpaired) electrons. The highest BCUT2D eigenvalue weighted by Gasteiger charge is 2.46. The molecule has 0 spiro atoms. The molecule has 22 heavy (non-hydrogen) atoms. The molecule has 2 aliphatic rings. The van der Waals surface area contributed by atoms with Gasteiger partial charge in [0.05, 0.1) is 13.2 Å². The van der Waals surface area contributed by atoms with Crippen LogP contribution in [0.4, 0.5) is 13.6 Å². The molecule has 2 fully saturated rings. The van der Waals surface area contributed by atoms with Gasteiger partial charge in [-0.2, -0.15) is 8.78 Å². The fourth-order valence-corrected chi connectivity index (χ4v) is 3.12. The van der Waals surface area contributed by atoms with Gasteiger partial charge in [0.15, 0.2) is 6.10 Å². The summed E-state index contributed by atoms with van der Waals surface area (Å²) in [6.45, 7) is 0.352. The molecule has 2 atom stereocenters. The van der Waals surface area contributed by atoms with Gasteiger partial charge < -0.3 is 9.47 Å². The summed E-state index contributed by atoms with van der Waals surface area (Å²) in [5.74, 6) is 0.730. The Labute approximate surface area is 127 Å². The average Bonchev–Trinajstić information content (AvgIpc) is 2.84. The average molecular weight is 309 g/mol. The van der Waals surface area contributed by atoms with E-state index in [1.165, 1.54) is 0 Å². The van der Waals surface area contributed by atoms with Gasteiger partial charge in [0.25, 0.3) is 6.08 Å². The molecule has 1 amide bonds. The number of amides is 1. The molecule has 1 saturated heterocycles. The number of ether oxygens (including phenoxy) is 2. The van der Waals surface area contributed by atoms with Crippen molar-refractivity contribution in [1.29, 1.82) is 0 Å². The first-order chi connectivity index (χ1) is 10.6. The van der Waals surface area contributed by atoms with Crippen LogP contribution in [0.5, 0.6) is 5.75 Å². The standard InChI is InChI=1S/C16H17F2NO3/c1-21-11-7-5-10(6-8-11)9-19-13-4-2-3-12(15(17)18)14(13)22-16(19)20/h5-8,13-14H,2-4,9H2,1H3. The van der Waals surface area contributed by atoms with Crippen molar-refractivity contribution >= 4 is 6.09 Å². The number of fused-ring (bicyclic) bond motifs is 1. The topological polar surface area (TPSA) is 38.8 Å². The molecular weight excluding hydrogens is 292 g/mol. The van der Waals surface area contributed by atoms with Crippen molar-refractivity contribution in [2.24, 2.45) is 0 Å². The van der Waals surface area contributed by atoms with Crippen LogP contribution in [0.15, 0.2) is 35.9 Å². The Morgan fingerprint density at radius 1 is 1.36 bits per heavy atom. The summed E-state index contributed by atoms with van der Waals surface area (Å²) in [5.41, 5.74) is 0.886. The summed E-state index contributed by atoms with van der Waals surface area (Å²) in [4.78, 5) is 13.6. The molecule has 1 aliphatic heterocycles. The zero-order valence-electron chi connectivity index (χ0n) is 12.2. The SMILES string of the molecule is COc1ccc(CN2C(=O)OC3C(=C(F)F)CCCC32)cc1. The summed E-state index contributed by atoms with van der Waals surface area (Å²) in [6, 6.07) is 7.02. The molecule has 1 aromatic rings. The predicted octanol–water partition coefficient (Wildman–Crippen LogP) is 3.72. The maximum absolute atomic E-state index is 13.0. The van der Waals surface area contributed by atoms with E-state index >= 15 is 0 Å². The van der Waals surface area contributed by atoms with Crippen molar-refractivity contribution in [3.63, 3.8) is 0 Å². The lowest BCUT2D eigenvalue weighted by Crippen LogP contribution is -2.39. The largest absolute Gasteiger partial charge is 0.497 e. The molecule has 0 aromatic heterocycles. The van der Waals surface area contributed by atoms with Gasteiger partial charge in [-0.05, 0) is 37.0 Å². The van der Waals surface area contributed by atoms with Crippen molar-refractivity contribution in [2.75, 3.05) is 7.11 Å². The van der Waals surface area contributed by atoms with Crippen molar-refractivity contribution in [3.05, 3.63) is 41.5 Å². The lowest BCUT2D eigenvalue weighted by atomic mass is 9.88. The fraction of sp³-hybridized carbons (Fsp3) is 0.438. The minimum absolute atomic E-state index is 0.0261. The number of benzene rings is 1. The minimum Gasteiger partial charge on any atom is -0.497 e. The Morgan fingerprint density at radius 3 is 2.73 bits per heavy atom. The molecule has 0 N–H and O–H groups in total. The van der Waals surface area contributed by atoms with Crippen LogP contribution in [0.2, 0.25) is 0 Å². The third-order valence-electron chi connectivity index (χ3n) is 4.26. The van der Waals surface area contributed by atoms with Crippen molar-refractivity contribution in [1.82, 2.24) is 4.90 Å². The van der Waals surface area contributed by atoms with Crippen LogP contribution in [-0.2, 0) is 11.3 Å². The van der Waals surface area contributed by atoms with Gasteiger partial charge in [0, 0.05) is 12.1 Å². The zero-order chi connectivity index (χ0) is 15.7. The molecule has 4 nitrogen and oxygen atoms in total. The van der Waals surface area contributed by atoms with Crippen LogP contribution in [0.25, 0.3) is 0 Å². The van der Waals surface area contributed by atoms with Crippen LogP contribution in [0.1, 0.15) is 24.8 Å². The lowest BCUT2D eigenvalue weighted by molar-refractivity contribution is 0.135. The lowest BCUT2D eigenvalue weighted by Gasteiger charge is -2.29. The molecule has 1 aromatic carbocycles. The monoisotopic (exact) mass is 309 g/mol. The van der Waals surface area contributed by atoms with Gasteiger partial charge in [0.1, 0.15) is 5.75 Å². The molecular formula is C16H17F2NO3. The normalized spacial score (nSPS) is 24.0. The third kappa shape index (κ3) is 2.65. The number of hydrogen-bond donors (Lipinski definition) is 0. The highest BCUT2D eigenvalue weighted by atomic mass is 19.3. The first-order valence-electron chi connectivity index (χ1n) is 7.24. The Bertz CT molecular complexity index is 596. The van der Waals surface area contributed by atoms with Gasteiger partial charge in [-0.15, -0.1) is 0 Å². The summed E-state index contributed by atoms with van der Waals surface area (Å²) in [6.07, 6.45) is -1.41. The highest BCUT2D eigenvalue weighted by molar-refractivity contribution is 5.71. The molecule has 1 aliphatic carbocycles.